The predicted octanol–water partition coefficient (Wildman–Crippen LogP) is 5.17. The second kappa shape index (κ2) is 9.71. The summed E-state index contributed by atoms with van der Waals surface area (Å²) < 4.78 is 4.08. The van der Waals surface area contributed by atoms with Crippen LogP contribution in [0, 0.1) is 5.92 Å². The molecule has 0 radical (unpaired) electrons. The van der Waals surface area contributed by atoms with Crippen molar-refractivity contribution in [2.75, 3.05) is 13.1 Å². The number of fused-ring (bicyclic) bond motifs is 1. The lowest BCUT2D eigenvalue weighted by molar-refractivity contribution is -0.131. The Hall–Kier alpha value is -2.25. The molecule has 1 unspecified atom stereocenters. The summed E-state index contributed by atoms with van der Waals surface area (Å²) in [5.41, 5.74) is 4.56. The molecule has 4 aromatic rings. The van der Waals surface area contributed by atoms with Crippen LogP contribution in [0.2, 0.25) is 0 Å². The molecule has 6 nitrogen and oxygen atoms in total. The van der Waals surface area contributed by atoms with Gasteiger partial charge in [-0.1, -0.05) is 36.4 Å². The number of nitrogens with zero attached hydrogens (tertiary/aromatic N) is 5. The maximum Gasteiger partial charge on any atom is 0.226 e. The highest BCUT2D eigenvalue weighted by Crippen LogP contribution is 2.29. The van der Waals surface area contributed by atoms with Gasteiger partial charge in [-0.3, -0.25) is 9.48 Å². The molecule has 2 aromatic heterocycles. The van der Waals surface area contributed by atoms with Crippen LogP contribution >= 0.6 is 28.4 Å². The molecule has 1 saturated heterocycles. The summed E-state index contributed by atoms with van der Waals surface area (Å²) >= 11 is 2.33. The van der Waals surface area contributed by atoms with Gasteiger partial charge in [0, 0.05) is 36.8 Å². The molecule has 32 heavy (non-hydrogen) atoms. The van der Waals surface area contributed by atoms with Crippen LogP contribution in [0.25, 0.3) is 22.0 Å². The Kier molecular flexibility index (Phi) is 6.55. The number of halogens is 1. The first-order valence-corrected chi connectivity index (χ1v) is 14.9. The summed E-state index contributed by atoms with van der Waals surface area (Å²) in [6, 6.07) is 16.5. The average molecular weight is 557 g/mol. The normalized spacial score (nSPS) is 15.2. The van der Waals surface area contributed by atoms with E-state index in [0.717, 1.165) is 49.0 Å². The predicted molar refractivity (Wildman–Crippen MR) is 138 cm³/mol. The molecule has 1 amide bonds. The van der Waals surface area contributed by atoms with Crippen LogP contribution in [0.4, 0.5) is 0 Å². The van der Waals surface area contributed by atoms with E-state index in [1.165, 1.54) is 11.1 Å². The molecule has 3 heterocycles. The molecule has 1 aliphatic heterocycles. The molecular weight excluding hydrogens is 532 g/mol. The largest absolute Gasteiger partial charge is 0.342 e. The highest BCUT2D eigenvalue weighted by Gasteiger charge is 2.23. The Bertz CT molecular complexity index is 1210. The fourth-order valence-corrected chi connectivity index (χ4v) is 5.50. The first-order valence-electron chi connectivity index (χ1n) is 10.9. The Labute approximate surface area is 202 Å². The van der Waals surface area contributed by atoms with E-state index in [9.17, 15) is 4.79 Å². The lowest BCUT2D eigenvalue weighted by Crippen LogP contribution is -2.40. The first kappa shape index (κ1) is 21.6. The molecule has 1 fully saturated rings. The van der Waals surface area contributed by atoms with Gasteiger partial charge in [0.15, 0.2) is 0 Å². The molecule has 164 valence electrons. The number of aromatic nitrogens is 4. The number of piperidine rings is 1. The highest BCUT2D eigenvalue weighted by molar-refractivity contribution is 14.2. The molecule has 5 rings (SSSR count). The van der Waals surface area contributed by atoms with Gasteiger partial charge < -0.3 is 4.90 Å². The fourth-order valence-electron chi connectivity index (χ4n) is 4.42. The van der Waals surface area contributed by atoms with Crippen molar-refractivity contribution in [1.82, 2.24) is 24.2 Å². The Morgan fingerprint density at radius 1 is 1.03 bits per heavy atom. The minimum atomic E-state index is 0.234. The van der Waals surface area contributed by atoms with Gasteiger partial charge in [0.05, 0.1) is 30.7 Å². The third-order valence-corrected chi connectivity index (χ3v) is 8.14. The van der Waals surface area contributed by atoms with Crippen molar-refractivity contribution in [1.29, 1.82) is 0 Å². The number of amides is 1. The quantitative estimate of drug-likeness (QED) is 0.243. The van der Waals surface area contributed by atoms with Gasteiger partial charge in [0.25, 0.3) is 0 Å². The molecule has 0 aliphatic carbocycles. The summed E-state index contributed by atoms with van der Waals surface area (Å²) in [7, 11) is 0. The van der Waals surface area contributed by atoms with Crippen molar-refractivity contribution in [2.45, 2.75) is 25.8 Å². The van der Waals surface area contributed by atoms with Gasteiger partial charge in [-0.05, 0) is 64.1 Å². The number of likely N-dealkylation sites (tertiary alicyclic amines) is 1. The fraction of sp³-hybridized carbons (Fsp3) is 0.292. The zero-order valence-electron chi connectivity index (χ0n) is 17.7. The van der Waals surface area contributed by atoms with E-state index < -0.39 is 0 Å². The molecule has 1 atom stereocenters. The van der Waals surface area contributed by atoms with Gasteiger partial charge in [-0.2, -0.15) is 10.2 Å². The lowest BCUT2D eigenvalue weighted by Gasteiger charge is -2.32. The number of rotatable bonds is 6. The molecule has 0 spiro atoms. The summed E-state index contributed by atoms with van der Waals surface area (Å²) in [4.78, 5) is 14.7. The van der Waals surface area contributed by atoms with Gasteiger partial charge >= 0.3 is 0 Å². The van der Waals surface area contributed by atoms with Crippen molar-refractivity contribution >= 4 is 45.2 Å². The third kappa shape index (κ3) is 4.74. The minimum Gasteiger partial charge on any atom is -0.342 e. The minimum absolute atomic E-state index is 0.234. The second-order valence-corrected chi connectivity index (χ2v) is 10.4. The van der Waals surface area contributed by atoms with Crippen LogP contribution in [0.3, 0.4) is 0 Å². The summed E-state index contributed by atoms with van der Waals surface area (Å²) in [5.74, 6) is 0.777. The van der Waals surface area contributed by atoms with Crippen LogP contribution in [0.5, 0.6) is 0 Å². The zero-order chi connectivity index (χ0) is 21.9. The Morgan fingerprint density at radius 3 is 2.59 bits per heavy atom. The van der Waals surface area contributed by atoms with E-state index >= 15 is 0 Å². The maximum atomic E-state index is 12.6. The van der Waals surface area contributed by atoms with E-state index in [1.807, 2.05) is 52.1 Å². The second-order valence-electron chi connectivity index (χ2n) is 8.34. The zero-order valence-corrected chi connectivity index (χ0v) is 20.9. The lowest BCUT2D eigenvalue weighted by atomic mass is 9.96. The molecule has 8 heteroatoms. The van der Waals surface area contributed by atoms with E-state index in [0.29, 0.717) is 18.7 Å². The van der Waals surface area contributed by atoms with Gasteiger partial charge in [-0.25, -0.2) is 4.45 Å². The van der Waals surface area contributed by atoms with Crippen LogP contribution in [0.1, 0.15) is 18.4 Å². The number of carbonyl (C=O) groups is 1. The van der Waals surface area contributed by atoms with Crippen molar-refractivity contribution in [2.24, 2.45) is 5.92 Å². The van der Waals surface area contributed by atoms with Crippen LogP contribution < -0.4 is 0 Å². The molecule has 0 bridgehead atoms. The van der Waals surface area contributed by atoms with Gasteiger partial charge in [0.1, 0.15) is 0 Å². The molecule has 0 N–H and O–H groups in total. The molecule has 0 saturated carbocycles. The van der Waals surface area contributed by atoms with E-state index in [-0.39, 0.29) is 5.91 Å². The third-order valence-electron chi connectivity index (χ3n) is 6.24. The van der Waals surface area contributed by atoms with Gasteiger partial charge in [-0.15, -0.1) is 0 Å². The molecule has 2 aromatic carbocycles. The van der Waals surface area contributed by atoms with E-state index in [2.05, 4.69) is 61.3 Å². The standard InChI is InChI=1S/C24H25IN5OP/c25-32-30-17-22(15-27-30)20-6-7-23-21(13-20)14-26-29(23)16-19-8-10-28(11-9-19)24(31)12-18-4-2-1-3-5-18/h1-7,13-15,17,19,32H,8-12,16H2. The first-order chi connectivity index (χ1) is 15.7. The smallest absolute Gasteiger partial charge is 0.226 e. The summed E-state index contributed by atoms with van der Waals surface area (Å²) in [6.07, 6.45) is 9.12. The SMILES string of the molecule is O=C(Cc1ccccc1)N1CCC(Cn2ncc3cc(-c4cnn(PI)c4)ccc32)CC1. The summed E-state index contributed by atoms with van der Waals surface area (Å²) in [6.45, 7) is 2.57. The number of hydrogen-bond donors (Lipinski definition) is 0. The average Bonchev–Trinajstić information content (AvgIpc) is 3.47. The molecular formula is C24H25IN5OP. The summed E-state index contributed by atoms with van der Waals surface area (Å²) in [5, 5.41) is 10.2. The van der Waals surface area contributed by atoms with Crippen LogP contribution in [0.15, 0.2) is 67.1 Å². The Balaban J connectivity index is 1.20. The highest BCUT2D eigenvalue weighted by atomic mass is 127. The van der Waals surface area contributed by atoms with Crippen LogP contribution in [-0.2, 0) is 17.8 Å². The number of carbonyl (C=O) groups excluding carboxylic acids is 1. The maximum absolute atomic E-state index is 12.6. The van der Waals surface area contributed by atoms with Crippen molar-refractivity contribution in [3.8, 4) is 11.1 Å². The number of hydrogen-bond acceptors (Lipinski definition) is 3. The topological polar surface area (TPSA) is 56.0 Å². The van der Waals surface area contributed by atoms with Crippen molar-refractivity contribution < 1.29 is 4.79 Å². The van der Waals surface area contributed by atoms with E-state index in [1.54, 1.807) is 0 Å². The van der Waals surface area contributed by atoms with Crippen LogP contribution in [-0.4, -0.2) is 43.2 Å². The van der Waals surface area contributed by atoms with Crippen molar-refractivity contribution in [3.63, 3.8) is 0 Å². The monoisotopic (exact) mass is 557 g/mol. The van der Waals surface area contributed by atoms with Gasteiger partial charge in [0.2, 0.25) is 5.91 Å². The van der Waals surface area contributed by atoms with E-state index in [4.69, 9.17) is 0 Å². The van der Waals surface area contributed by atoms with Crippen molar-refractivity contribution in [3.05, 3.63) is 72.7 Å². The molecule has 1 aliphatic rings. The number of benzene rings is 2. The Morgan fingerprint density at radius 2 is 1.84 bits per heavy atom.